The summed E-state index contributed by atoms with van der Waals surface area (Å²) in [5.41, 5.74) is 0.300. The molecule has 0 aromatic carbocycles. The lowest BCUT2D eigenvalue weighted by molar-refractivity contribution is 0.0497. The molecule has 0 radical (unpaired) electrons. The highest BCUT2D eigenvalue weighted by Crippen LogP contribution is 2.29. The number of ether oxygens (including phenoxy) is 1. The number of hydrogen-bond donors (Lipinski definition) is 1. The van der Waals surface area contributed by atoms with Crippen molar-refractivity contribution in [3.63, 3.8) is 0 Å². The lowest BCUT2D eigenvalue weighted by atomic mass is 9.91. The molecule has 23 heavy (non-hydrogen) atoms. The number of imidazole rings is 1. The molecule has 1 fully saturated rings. The fourth-order valence-corrected chi connectivity index (χ4v) is 3.00. The van der Waals surface area contributed by atoms with Crippen molar-refractivity contribution in [2.24, 2.45) is 5.92 Å². The zero-order chi connectivity index (χ0) is 16.2. The van der Waals surface area contributed by atoms with Gasteiger partial charge in [-0.3, -0.25) is 4.79 Å². The first kappa shape index (κ1) is 15.7. The van der Waals surface area contributed by atoms with Crippen LogP contribution in [0.2, 0.25) is 0 Å². The molecule has 1 aliphatic rings. The highest BCUT2D eigenvalue weighted by Gasteiger charge is 2.30. The predicted octanol–water partition coefficient (Wildman–Crippen LogP) is 2.10. The topological polar surface area (TPSA) is 82.2 Å². The first-order chi connectivity index (χ1) is 11.2. The zero-order valence-corrected chi connectivity index (χ0v) is 13.5. The Labute approximate surface area is 135 Å². The van der Waals surface area contributed by atoms with Crippen molar-refractivity contribution in [2.75, 3.05) is 13.2 Å². The Kier molecular flexibility index (Phi) is 4.76. The van der Waals surface area contributed by atoms with Gasteiger partial charge in [-0.25, -0.2) is 4.98 Å². The maximum Gasteiger partial charge on any atom is 0.274 e. The number of carbonyl (C=O) groups excluding carboxylic acids is 1. The van der Waals surface area contributed by atoms with Gasteiger partial charge in [0.05, 0.1) is 6.04 Å². The van der Waals surface area contributed by atoms with E-state index in [1.165, 1.54) is 0 Å². The molecule has 1 amide bonds. The Balaban J connectivity index is 1.84. The van der Waals surface area contributed by atoms with Gasteiger partial charge in [-0.1, -0.05) is 5.16 Å². The average Bonchev–Trinajstić information content (AvgIpc) is 3.21. The Morgan fingerprint density at radius 1 is 1.48 bits per heavy atom. The van der Waals surface area contributed by atoms with Gasteiger partial charge in [-0.2, -0.15) is 0 Å². The molecular weight excluding hydrogens is 296 g/mol. The summed E-state index contributed by atoms with van der Waals surface area (Å²) in [6, 6.07) is 1.49. The minimum Gasteiger partial charge on any atom is -0.381 e. The van der Waals surface area contributed by atoms with Crippen LogP contribution >= 0.6 is 0 Å². The molecule has 0 bridgehead atoms. The quantitative estimate of drug-likeness (QED) is 0.913. The van der Waals surface area contributed by atoms with E-state index < -0.39 is 0 Å². The van der Waals surface area contributed by atoms with Crippen molar-refractivity contribution in [3.8, 4) is 0 Å². The largest absolute Gasteiger partial charge is 0.381 e. The first-order valence-electron chi connectivity index (χ1n) is 8.02. The van der Waals surface area contributed by atoms with Crippen LogP contribution in [0.4, 0.5) is 0 Å². The lowest BCUT2D eigenvalue weighted by Gasteiger charge is -2.30. The molecular formula is C16H22N4O3. The maximum atomic E-state index is 12.5. The minimum absolute atomic E-state index is 0.154. The molecule has 1 aliphatic heterocycles. The minimum atomic E-state index is -0.232. The summed E-state index contributed by atoms with van der Waals surface area (Å²) < 4.78 is 12.5. The third-order valence-electron chi connectivity index (χ3n) is 4.25. The summed E-state index contributed by atoms with van der Waals surface area (Å²) in [6.45, 7) is 6.08. The van der Waals surface area contributed by atoms with E-state index in [4.69, 9.17) is 9.26 Å². The second kappa shape index (κ2) is 6.95. The highest BCUT2D eigenvalue weighted by molar-refractivity contribution is 5.92. The number of carbonyl (C=O) groups is 1. The molecule has 124 valence electrons. The first-order valence-corrected chi connectivity index (χ1v) is 8.02. The number of nitrogens with one attached hydrogen (secondary N) is 1. The van der Waals surface area contributed by atoms with Crippen molar-refractivity contribution in [1.82, 2.24) is 20.0 Å². The van der Waals surface area contributed by atoms with E-state index in [0.717, 1.165) is 25.2 Å². The van der Waals surface area contributed by atoms with E-state index in [1.54, 1.807) is 19.2 Å². The molecule has 0 unspecified atom stereocenters. The van der Waals surface area contributed by atoms with Gasteiger partial charge in [0.2, 0.25) is 0 Å². The van der Waals surface area contributed by atoms with E-state index in [9.17, 15) is 4.79 Å². The zero-order valence-electron chi connectivity index (χ0n) is 13.5. The summed E-state index contributed by atoms with van der Waals surface area (Å²) in [7, 11) is 0. The Morgan fingerprint density at radius 2 is 2.26 bits per heavy atom. The van der Waals surface area contributed by atoms with Crippen molar-refractivity contribution >= 4 is 5.91 Å². The van der Waals surface area contributed by atoms with Crippen LogP contribution in [0.3, 0.4) is 0 Å². The predicted molar refractivity (Wildman–Crippen MR) is 82.9 cm³/mol. The Bertz CT molecular complexity index is 658. The van der Waals surface area contributed by atoms with E-state index in [0.29, 0.717) is 30.6 Å². The molecule has 1 saturated heterocycles. The van der Waals surface area contributed by atoms with E-state index in [2.05, 4.69) is 26.9 Å². The molecule has 3 rings (SSSR count). The number of rotatable bonds is 5. The third-order valence-corrected chi connectivity index (χ3v) is 4.25. The lowest BCUT2D eigenvalue weighted by Crippen LogP contribution is -2.37. The number of nitrogens with zero attached hydrogens (tertiary/aromatic N) is 3. The number of aryl methyl sites for hydroxylation is 2. The van der Waals surface area contributed by atoms with Crippen LogP contribution in [-0.4, -0.2) is 33.8 Å². The Hall–Kier alpha value is -2.15. The molecule has 3 heterocycles. The van der Waals surface area contributed by atoms with Crippen molar-refractivity contribution in [2.45, 2.75) is 39.3 Å². The number of hydrogen-bond acceptors (Lipinski definition) is 5. The van der Waals surface area contributed by atoms with Crippen LogP contribution in [0.25, 0.3) is 0 Å². The van der Waals surface area contributed by atoms with Crippen LogP contribution in [-0.2, 0) is 11.3 Å². The molecule has 7 nitrogen and oxygen atoms in total. The molecule has 7 heteroatoms. The van der Waals surface area contributed by atoms with Gasteiger partial charge in [-0.15, -0.1) is 0 Å². The van der Waals surface area contributed by atoms with Crippen LogP contribution in [0, 0.1) is 12.8 Å². The summed E-state index contributed by atoms with van der Waals surface area (Å²) in [6.07, 6.45) is 5.52. The second-order valence-corrected chi connectivity index (χ2v) is 5.80. The molecule has 0 aliphatic carbocycles. The van der Waals surface area contributed by atoms with Gasteiger partial charge in [0.1, 0.15) is 11.6 Å². The second-order valence-electron chi connectivity index (χ2n) is 5.80. The van der Waals surface area contributed by atoms with Crippen LogP contribution in [0.15, 0.2) is 23.0 Å². The smallest absolute Gasteiger partial charge is 0.274 e. The fourth-order valence-electron chi connectivity index (χ4n) is 3.00. The van der Waals surface area contributed by atoms with Crippen LogP contribution < -0.4 is 5.32 Å². The highest BCUT2D eigenvalue weighted by atomic mass is 16.5. The molecule has 0 spiro atoms. The van der Waals surface area contributed by atoms with Crippen molar-refractivity contribution in [3.05, 3.63) is 35.7 Å². The van der Waals surface area contributed by atoms with Gasteiger partial charge in [0.15, 0.2) is 5.69 Å². The van der Waals surface area contributed by atoms with Crippen molar-refractivity contribution < 1.29 is 14.1 Å². The van der Waals surface area contributed by atoms with Gasteiger partial charge < -0.3 is 19.1 Å². The van der Waals surface area contributed by atoms with E-state index in [-0.39, 0.29) is 11.9 Å². The number of amides is 1. The number of aromatic nitrogens is 3. The normalized spacial score (nSPS) is 17.1. The van der Waals surface area contributed by atoms with Crippen molar-refractivity contribution in [1.29, 1.82) is 0 Å². The molecule has 0 saturated carbocycles. The molecule has 2 aromatic heterocycles. The standard InChI is InChI=1S/C16H22N4O3/c1-3-20-7-6-17-15(20)14(12-4-8-22-9-5-12)18-16(21)13-10-11(2)23-19-13/h6-7,10,12,14H,3-5,8-9H2,1-2H3,(H,18,21)/t14-/m0/s1. The summed E-state index contributed by atoms with van der Waals surface area (Å²) >= 11 is 0. The van der Waals surface area contributed by atoms with Gasteiger partial charge in [0, 0.05) is 38.2 Å². The van der Waals surface area contributed by atoms with Gasteiger partial charge in [-0.05, 0) is 32.6 Å². The molecule has 2 aromatic rings. The monoisotopic (exact) mass is 318 g/mol. The third kappa shape index (κ3) is 3.44. The average molecular weight is 318 g/mol. The molecule has 1 N–H and O–H groups in total. The maximum absolute atomic E-state index is 12.5. The van der Waals surface area contributed by atoms with Gasteiger partial charge in [0.25, 0.3) is 5.91 Å². The van der Waals surface area contributed by atoms with Crippen LogP contribution in [0.5, 0.6) is 0 Å². The van der Waals surface area contributed by atoms with E-state index in [1.807, 2.05) is 6.20 Å². The van der Waals surface area contributed by atoms with Gasteiger partial charge >= 0.3 is 0 Å². The summed E-state index contributed by atoms with van der Waals surface area (Å²) in [4.78, 5) is 17.0. The SMILES string of the molecule is CCn1ccnc1[C@@H](NC(=O)c1cc(C)on1)C1CCOCC1. The summed E-state index contributed by atoms with van der Waals surface area (Å²) in [5.74, 6) is 1.57. The molecule has 1 atom stereocenters. The summed E-state index contributed by atoms with van der Waals surface area (Å²) in [5, 5.41) is 6.89. The fraction of sp³-hybridized carbons (Fsp3) is 0.562. The van der Waals surface area contributed by atoms with Crippen LogP contribution in [0.1, 0.15) is 47.9 Å². The van der Waals surface area contributed by atoms with E-state index >= 15 is 0 Å². The Morgan fingerprint density at radius 3 is 2.91 bits per heavy atom.